The fourth-order valence-electron chi connectivity index (χ4n) is 1.95. The van der Waals surface area contributed by atoms with Crippen molar-refractivity contribution < 1.29 is 31.9 Å². The Labute approximate surface area is 112 Å². The molecule has 0 aromatic rings. The summed E-state index contributed by atoms with van der Waals surface area (Å²) in [4.78, 5) is 0. The zero-order valence-electron chi connectivity index (χ0n) is 11.4. The second-order valence-corrected chi connectivity index (χ2v) is 6.37. The molecule has 1 heterocycles. The molecule has 0 aromatic carbocycles. The van der Waals surface area contributed by atoms with Crippen molar-refractivity contribution in [2.75, 3.05) is 20.3 Å². The summed E-state index contributed by atoms with van der Waals surface area (Å²) in [6, 6.07) is 0. The first-order chi connectivity index (χ1) is 8.88. The molecule has 0 spiro atoms. The topological polar surface area (TPSA) is 54.0 Å². The van der Waals surface area contributed by atoms with Crippen LogP contribution in [0.5, 0.6) is 0 Å². The number of rotatable bonds is 8. The molecule has 2 unspecified atom stereocenters. The van der Waals surface area contributed by atoms with Gasteiger partial charge >= 0.3 is 13.3 Å². The molecule has 0 bridgehead atoms. The summed E-state index contributed by atoms with van der Waals surface area (Å²) in [5.41, 5.74) is -3.56. The van der Waals surface area contributed by atoms with E-state index in [0.29, 0.717) is 12.8 Å². The normalized spacial score (nSPS) is 24.9. The molecule has 8 heteroatoms. The first-order valence-corrected chi connectivity index (χ1v) is 7.88. The summed E-state index contributed by atoms with van der Waals surface area (Å²) in [7, 11) is -3.00. The van der Waals surface area contributed by atoms with Gasteiger partial charge < -0.3 is 18.5 Å². The van der Waals surface area contributed by atoms with Gasteiger partial charge in [0.2, 0.25) is 0 Å². The van der Waals surface area contributed by atoms with E-state index < -0.39 is 32.1 Å². The predicted molar refractivity (Wildman–Crippen MR) is 65.3 cm³/mol. The van der Waals surface area contributed by atoms with Crippen molar-refractivity contribution >= 4 is 7.60 Å². The van der Waals surface area contributed by atoms with E-state index in [1.807, 2.05) is 0 Å². The van der Waals surface area contributed by atoms with Gasteiger partial charge in [-0.25, -0.2) is 0 Å². The molecule has 2 atom stereocenters. The highest BCUT2D eigenvalue weighted by molar-refractivity contribution is 7.55. The van der Waals surface area contributed by atoms with Crippen LogP contribution in [0.15, 0.2) is 0 Å². The first kappa shape index (κ1) is 17.0. The average molecular weight is 302 g/mol. The van der Waals surface area contributed by atoms with Crippen molar-refractivity contribution in [3.63, 3.8) is 0 Å². The van der Waals surface area contributed by atoms with Gasteiger partial charge in [0.05, 0.1) is 19.3 Å². The van der Waals surface area contributed by atoms with Crippen LogP contribution < -0.4 is 0 Å². The highest BCUT2D eigenvalue weighted by Gasteiger charge is 2.55. The molecule has 1 rings (SSSR count). The van der Waals surface area contributed by atoms with Crippen molar-refractivity contribution in [3.8, 4) is 0 Å². The number of hydrogen-bond donors (Lipinski definition) is 0. The van der Waals surface area contributed by atoms with Crippen LogP contribution in [0, 0.1) is 0 Å². The number of methoxy groups -OCH3 is 1. The Balaban J connectivity index is 2.69. The molecular weight excluding hydrogens is 281 g/mol. The van der Waals surface area contributed by atoms with Crippen molar-refractivity contribution in [3.05, 3.63) is 0 Å². The molecule has 0 saturated carbocycles. The van der Waals surface area contributed by atoms with Gasteiger partial charge in [-0.15, -0.1) is 0 Å². The third-order valence-electron chi connectivity index (χ3n) is 2.80. The van der Waals surface area contributed by atoms with Gasteiger partial charge in [-0.2, -0.15) is 8.78 Å². The summed E-state index contributed by atoms with van der Waals surface area (Å²) < 4.78 is 59.9. The molecule has 1 aliphatic rings. The number of halogens is 2. The Hall–Kier alpha value is -0.0700. The molecule has 5 nitrogen and oxygen atoms in total. The molecule has 19 heavy (non-hydrogen) atoms. The summed E-state index contributed by atoms with van der Waals surface area (Å²) in [5.74, 6) is 0. The van der Waals surface area contributed by atoms with Crippen molar-refractivity contribution in [1.82, 2.24) is 0 Å². The predicted octanol–water partition coefficient (Wildman–Crippen LogP) is 3.39. The minimum atomic E-state index is -4.46. The van der Waals surface area contributed by atoms with Gasteiger partial charge in [-0.3, -0.25) is 4.57 Å². The minimum Gasteiger partial charge on any atom is -0.356 e. The maximum Gasteiger partial charge on any atom is 0.399 e. The Morgan fingerprint density at radius 3 is 2.26 bits per heavy atom. The molecule has 0 aromatic heterocycles. The van der Waals surface area contributed by atoms with E-state index >= 15 is 0 Å². The smallest absolute Gasteiger partial charge is 0.356 e. The van der Waals surface area contributed by atoms with E-state index in [4.69, 9.17) is 18.5 Å². The fraction of sp³-hybridized carbons (Fsp3) is 1.00. The third kappa shape index (κ3) is 4.20. The second-order valence-electron chi connectivity index (χ2n) is 4.20. The molecule has 1 aliphatic heterocycles. The summed E-state index contributed by atoms with van der Waals surface area (Å²) >= 11 is 0. The third-order valence-corrected chi connectivity index (χ3v) is 4.98. The molecule has 0 aliphatic carbocycles. The Kier molecular flexibility index (Phi) is 6.33. The van der Waals surface area contributed by atoms with E-state index in [1.165, 1.54) is 21.0 Å². The van der Waals surface area contributed by atoms with E-state index in [2.05, 4.69) is 0 Å². The fourth-order valence-corrected chi connectivity index (χ4v) is 3.51. The van der Waals surface area contributed by atoms with Gasteiger partial charge in [-0.1, -0.05) is 0 Å². The van der Waals surface area contributed by atoms with Gasteiger partial charge in [-0.05, 0) is 20.3 Å². The summed E-state index contributed by atoms with van der Waals surface area (Å²) in [6.45, 7) is 2.79. The highest BCUT2D eigenvalue weighted by Crippen LogP contribution is 2.64. The minimum absolute atomic E-state index is 0.0981. The van der Waals surface area contributed by atoms with E-state index in [0.717, 1.165) is 0 Å². The van der Waals surface area contributed by atoms with Crippen molar-refractivity contribution in [1.29, 1.82) is 0 Å². The number of hydrogen-bond acceptors (Lipinski definition) is 5. The Morgan fingerprint density at radius 2 is 1.84 bits per heavy atom. The van der Waals surface area contributed by atoms with E-state index in [-0.39, 0.29) is 13.2 Å². The lowest BCUT2D eigenvalue weighted by Crippen LogP contribution is -2.27. The standard InChI is InChI=1S/C11H21F2O5P/c1-4-16-19(14,17-5-2)11(12,13)8-9-6-7-10(15-3)18-9/h9-10H,4-8H2,1-3H3. The van der Waals surface area contributed by atoms with E-state index in [1.54, 1.807) is 0 Å². The van der Waals surface area contributed by atoms with Crippen molar-refractivity contribution in [2.24, 2.45) is 0 Å². The molecule has 114 valence electrons. The number of ether oxygens (including phenoxy) is 2. The highest BCUT2D eigenvalue weighted by atomic mass is 31.2. The molecular formula is C11H21F2O5P. The van der Waals surface area contributed by atoms with Crippen LogP contribution in [0.4, 0.5) is 8.78 Å². The van der Waals surface area contributed by atoms with Crippen LogP contribution in [0.25, 0.3) is 0 Å². The van der Waals surface area contributed by atoms with Crippen LogP contribution in [0.1, 0.15) is 33.1 Å². The van der Waals surface area contributed by atoms with Gasteiger partial charge in [0, 0.05) is 20.0 Å². The lowest BCUT2D eigenvalue weighted by Gasteiger charge is -2.27. The van der Waals surface area contributed by atoms with Crippen LogP contribution >= 0.6 is 7.60 Å². The summed E-state index contributed by atoms with van der Waals surface area (Å²) in [6.07, 6.45) is -0.880. The first-order valence-electron chi connectivity index (χ1n) is 6.33. The average Bonchev–Trinajstić information content (AvgIpc) is 2.76. The maximum absolute atomic E-state index is 14.1. The second kappa shape index (κ2) is 7.09. The molecule has 1 saturated heterocycles. The van der Waals surface area contributed by atoms with Gasteiger partial charge in [0.1, 0.15) is 0 Å². The lowest BCUT2D eigenvalue weighted by atomic mass is 10.2. The quantitative estimate of drug-likeness (QED) is 0.643. The monoisotopic (exact) mass is 302 g/mol. The molecule has 0 radical (unpaired) electrons. The number of alkyl halides is 2. The van der Waals surface area contributed by atoms with Crippen LogP contribution in [-0.2, 0) is 23.1 Å². The summed E-state index contributed by atoms with van der Waals surface area (Å²) in [5, 5.41) is 0. The van der Waals surface area contributed by atoms with Crippen molar-refractivity contribution in [2.45, 2.75) is 51.2 Å². The maximum atomic E-state index is 14.1. The zero-order chi connectivity index (χ0) is 14.5. The lowest BCUT2D eigenvalue weighted by molar-refractivity contribution is -0.128. The van der Waals surface area contributed by atoms with E-state index in [9.17, 15) is 13.3 Å². The van der Waals surface area contributed by atoms with Crippen LogP contribution in [0.3, 0.4) is 0 Å². The van der Waals surface area contributed by atoms with Gasteiger partial charge in [0.15, 0.2) is 6.29 Å². The largest absolute Gasteiger partial charge is 0.399 e. The SMILES string of the molecule is CCOP(=O)(OCC)C(F)(F)CC1CCC(OC)O1. The zero-order valence-corrected chi connectivity index (χ0v) is 12.3. The van der Waals surface area contributed by atoms with Crippen LogP contribution in [0.2, 0.25) is 0 Å². The molecule has 0 N–H and O–H groups in total. The Morgan fingerprint density at radius 1 is 1.26 bits per heavy atom. The molecule has 1 fully saturated rings. The Bertz CT molecular complexity index is 316. The van der Waals surface area contributed by atoms with Crippen LogP contribution in [-0.4, -0.2) is 38.4 Å². The van der Waals surface area contributed by atoms with Gasteiger partial charge in [0.25, 0.3) is 0 Å². The molecule has 0 amide bonds.